The molecule has 1 fully saturated rings. The predicted molar refractivity (Wildman–Crippen MR) is 80.8 cm³/mol. The van der Waals surface area contributed by atoms with Gasteiger partial charge in [0.15, 0.2) is 0 Å². The summed E-state index contributed by atoms with van der Waals surface area (Å²) in [4.78, 5) is 16.3. The predicted octanol–water partition coefficient (Wildman–Crippen LogP) is 0.728. The lowest BCUT2D eigenvalue weighted by molar-refractivity contribution is -0.145. The largest absolute Gasteiger partial charge is 0.395 e. The molecule has 2 rings (SSSR count). The number of nitrogens with zero attached hydrogens (tertiary/aromatic N) is 2. The topological polar surface area (TPSA) is 53.0 Å². The molecule has 1 aromatic rings. The van der Waals surface area contributed by atoms with E-state index in [1.165, 1.54) is 0 Å². The van der Waals surface area contributed by atoms with Crippen LogP contribution < -0.4 is 0 Å². The first-order chi connectivity index (χ1) is 10.2. The number of aliphatic hydroxyl groups is 1. The van der Waals surface area contributed by atoms with E-state index in [2.05, 4.69) is 4.90 Å². The van der Waals surface area contributed by atoms with Gasteiger partial charge in [-0.15, -0.1) is 0 Å². The van der Waals surface area contributed by atoms with E-state index in [4.69, 9.17) is 9.84 Å². The Kier molecular flexibility index (Phi) is 6.17. The van der Waals surface area contributed by atoms with Gasteiger partial charge in [0.25, 0.3) is 5.91 Å². The van der Waals surface area contributed by atoms with Gasteiger partial charge in [-0.05, 0) is 12.5 Å². The first-order valence-corrected chi connectivity index (χ1v) is 7.48. The zero-order valence-corrected chi connectivity index (χ0v) is 12.6. The van der Waals surface area contributed by atoms with Gasteiger partial charge in [-0.3, -0.25) is 9.69 Å². The Labute approximate surface area is 126 Å². The summed E-state index contributed by atoms with van der Waals surface area (Å²) >= 11 is 0. The van der Waals surface area contributed by atoms with Crippen LogP contribution in [0.25, 0.3) is 0 Å². The third-order valence-corrected chi connectivity index (χ3v) is 3.79. The van der Waals surface area contributed by atoms with E-state index in [-0.39, 0.29) is 12.5 Å². The number of rotatable bonds is 6. The summed E-state index contributed by atoms with van der Waals surface area (Å²) < 4.78 is 5.67. The lowest BCUT2D eigenvalue weighted by Gasteiger charge is -2.35. The van der Waals surface area contributed by atoms with Crippen LogP contribution in [0.3, 0.4) is 0 Å². The van der Waals surface area contributed by atoms with Gasteiger partial charge in [0.05, 0.1) is 13.2 Å². The molecule has 0 saturated carbocycles. The Bertz CT molecular complexity index is 430. The van der Waals surface area contributed by atoms with Gasteiger partial charge in [0, 0.05) is 32.7 Å². The Morgan fingerprint density at radius 2 is 1.90 bits per heavy atom. The van der Waals surface area contributed by atoms with Crippen LogP contribution in [0, 0.1) is 0 Å². The quantitative estimate of drug-likeness (QED) is 0.840. The normalized spacial score (nSPS) is 17.7. The molecule has 1 saturated heterocycles. The van der Waals surface area contributed by atoms with Crippen LogP contribution in [0.2, 0.25) is 0 Å². The van der Waals surface area contributed by atoms with Crippen molar-refractivity contribution in [1.82, 2.24) is 9.80 Å². The van der Waals surface area contributed by atoms with Gasteiger partial charge in [-0.2, -0.15) is 0 Å². The average Bonchev–Trinajstić information content (AvgIpc) is 2.54. The zero-order valence-electron chi connectivity index (χ0n) is 12.6. The molecular formula is C16H24N2O3. The van der Waals surface area contributed by atoms with Gasteiger partial charge >= 0.3 is 0 Å². The summed E-state index contributed by atoms with van der Waals surface area (Å²) in [6.45, 7) is 6.17. The van der Waals surface area contributed by atoms with Gasteiger partial charge in [-0.25, -0.2) is 0 Å². The Morgan fingerprint density at radius 3 is 2.52 bits per heavy atom. The number of carbonyl (C=O) groups is 1. The minimum atomic E-state index is -0.422. The van der Waals surface area contributed by atoms with Crippen molar-refractivity contribution in [3.63, 3.8) is 0 Å². The number of ether oxygens (including phenoxy) is 1. The van der Waals surface area contributed by atoms with Crippen LogP contribution in [0.1, 0.15) is 12.5 Å². The van der Waals surface area contributed by atoms with Crippen molar-refractivity contribution in [3.05, 3.63) is 35.9 Å². The summed E-state index contributed by atoms with van der Waals surface area (Å²) in [6, 6.07) is 9.87. The second kappa shape index (κ2) is 8.12. The molecule has 0 spiro atoms. The first kappa shape index (κ1) is 15.9. The van der Waals surface area contributed by atoms with Crippen molar-refractivity contribution < 1.29 is 14.6 Å². The molecular weight excluding hydrogens is 268 g/mol. The van der Waals surface area contributed by atoms with Gasteiger partial charge in [-0.1, -0.05) is 30.3 Å². The maximum Gasteiger partial charge on any atom is 0.251 e. The molecule has 0 bridgehead atoms. The summed E-state index contributed by atoms with van der Waals surface area (Å²) in [6.07, 6.45) is -0.422. The van der Waals surface area contributed by atoms with Crippen LogP contribution in [0.5, 0.6) is 0 Å². The molecule has 116 valence electrons. The molecule has 1 N–H and O–H groups in total. The second-order valence-electron chi connectivity index (χ2n) is 5.33. The monoisotopic (exact) mass is 292 g/mol. The molecule has 5 nitrogen and oxygen atoms in total. The highest BCUT2D eigenvalue weighted by Crippen LogP contribution is 2.08. The number of amides is 1. The van der Waals surface area contributed by atoms with Crippen molar-refractivity contribution >= 4 is 5.91 Å². The van der Waals surface area contributed by atoms with E-state index in [0.29, 0.717) is 26.2 Å². The molecule has 21 heavy (non-hydrogen) atoms. The molecule has 1 aliphatic rings. The third-order valence-electron chi connectivity index (χ3n) is 3.79. The Morgan fingerprint density at radius 1 is 1.24 bits per heavy atom. The maximum absolute atomic E-state index is 12.3. The Hall–Kier alpha value is -1.43. The van der Waals surface area contributed by atoms with Crippen LogP contribution in [0.4, 0.5) is 0 Å². The highest BCUT2D eigenvalue weighted by molar-refractivity contribution is 5.80. The fraction of sp³-hybridized carbons (Fsp3) is 0.562. The lowest BCUT2D eigenvalue weighted by Crippen LogP contribution is -2.51. The van der Waals surface area contributed by atoms with Crippen LogP contribution in [0.15, 0.2) is 30.3 Å². The SMILES string of the molecule is C[C@@H](OCc1ccccc1)C(=O)N1CCN(CCO)CC1. The molecule has 0 radical (unpaired) electrons. The van der Waals surface area contributed by atoms with Crippen molar-refractivity contribution in [3.8, 4) is 0 Å². The number of hydrogen-bond donors (Lipinski definition) is 1. The van der Waals surface area contributed by atoms with E-state index in [1.54, 1.807) is 0 Å². The summed E-state index contributed by atoms with van der Waals surface area (Å²) in [5, 5.41) is 8.92. The Balaban J connectivity index is 1.75. The number of benzene rings is 1. The number of carbonyl (C=O) groups excluding carboxylic acids is 1. The summed E-state index contributed by atoms with van der Waals surface area (Å²) in [5.74, 6) is 0.0505. The molecule has 0 unspecified atom stereocenters. The van der Waals surface area contributed by atoms with E-state index >= 15 is 0 Å². The maximum atomic E-state index is 12.3. The second-order valence-corrected chi connectivity index (χ2v) is 5.33. The van der Waals surface area contributed by atoms with Gasteiger partial charge in [0.1, 0.15) is 6.10 Å². The minimum Gasteiger partial charge on any atom is -0.395 e. The zero-order chi connectivity index (χ0) is 15.1. The number of aliphatic hydroxyl groups excluding tert-OH is 1. The molecule has 1 aliphatic heterocycles. The third kappa shape index (κ3) is 4.81. The van der Waals surface area contributed by atoms with Crippen molar-refractivity contribution in [1.29, 1.82) is 0 Å². The van der Waals surface area contributed by atoms with Crippen LogP contribution in [-0.2, 0) is 16.1 Å². The van der Waals surface area contributed by atoms with Crippen molar-refractivity contribution in [2.24, 2.45) is 0 Å². The highest BCUT2D eigenvalue weighted by Gasteiger charge is 2.25. The van der Waals surface area contributed by atoms with Gasteiger partial charge < -0.3 is 14.7 Å². The first-order valence-electron chi connectivity index (χ1n) is 7.48. The van der Waals surface area contributed by atoms with Crippen LogP contribution >= 0.6 is 0 Å². The number of β-amino-alcohol motifs (C(OH)–C–C–N with tert-alkyl or cyclic N) is 1. The number of piperazine rings is 1. The van der Waals surface area contributed by atoms with E-state index in [1.807, 2.05) is 42.2 Å². The van der Waals surface area contributed by atoms with Gasteiger partial charge in [0.2, 0.25) is 0 Å². The lowest BCUT2D eigenvalue weighted by atomic mass is 10.2. The number of hydrogen-bond acceptors (Lipinski definition) is 4. The van der Waals surface area contributed by atoms with Crippen molar-refractivity contribution in [2.45, 2.75) is 19.6 Å². The fourth-order valence-electron chi connectivity index (χ4n) is 2.46. The molecule has 1 heterocycles. The minimum absolute atomic E-state index is 0.0505. The smallest absolute Gasteiger partial charge is 0.251 e. The molecule has 1 amide bonds. The highest BCUT2D eigenvalue weighted by atomic mass is 16.5. The van der Waals surface area contributed by atoms with E-state index in [9.17, 15) is 4.79 Å². The molecule has 0 aromatic heterocycles. The summed E-state index contributed by atoms with van der Waals surface area (Å²) in [5.41, 5.74) is 1.07. The van der Waals surface area contributed by atoms with E-state index < -0.39 is 6.10 Å². The standard InChI is InChI=1S/C16H24N2O3/c1-14(21-13-15-5-3-2-4-6-15)16(20)18-9-7-17(8-10-18)11-12-19/h2-6,14,19H,7-13H2,1H3/t14-/m1/s1. The summed E-state index contributed by atoms with van der Waals surface area (Å²) in [7, 11) is 0. The molecule has 0 aliphatic carbocycles. The van der Waals surface area contributed by atoms with Crippen molar-refractivity contribution in [2.75, 3.05) is 39.3 Å². The average molecular weight is 292 g/mol. The molecule has 1 aromatic carbocycles. The fourth-order valence-corrected chi connectivity index (χ4v) is 2.46. The van der Waals surface area contributed by atoms with Crippen LogP contribution in [-0.4, -0.2) is 66.2 Å². The van der Waals surface area contributed by atoms with E-state index in [0.717, 1.165) is 18.7 Å². The molecule has 1 atom stereocenters. The molecule has 5 heteroatoms.